The van der Waals surface area contributed by atoms with Crippen LogP contribution in [0.25, 0.3) is 0 Å². The Morgan fingerprint density at radius 2 is 2.07 bits per heavy atom. The van der Waals surface area contributed by atoms with Crippen molar-refractivity contribution in [1.29, 1.82) is 0 Å². The van der Waals surface area contributed by atoms with Gasteiger partial charge in [0.1, 0.15) is 0 Å². The highest BCUT2D eigenvalue weighted by Gasteiger charge is 2.01. The summed E-state index contributed by atoms with van der Waals surface area (Å²) in [7, 11) is 1.97. The summed E-state index contributed by atoms with van der Waals surface area (Å²) in [6.07, 6.45) is 0. The molecule has 78 valence electrons. The van der Waals surface area contributed by atoms with Gasteiger partial charge in [0.05, 0.1) is 0 Å². The van der Waals surface area contributed by atoms with Gasteiger partial charge in [0.25, 0.3) is 0 Å². The van der Waals surface area contributed by atoms with E-state index in [1.807, 2.05) is 13.1 Å². The van der Waals surface area contributed by atoms with Crippen LogP contribution >= 0.6 is 15.9 Å². The third-order valence-electron chi connectivity index (χ3n) is 2.11. The molecule has 0 fully saturated rings. The van der Waals surface area contributed by atoms with Crippen LogP contribution < -0.4 is 10.6 Å². The first-order chi connectivity index (χ1) is 6.74. The molecule has 1 atom stereocenters. The third-order valence-corrected chi connectivity index (χ3v) is 2.88. The lowest BCUT2D eigenvalue weighted by Crippen LogP contribution is -2.34. The maximum Gasteiger partial charge on any atom is 0.0220 e. The zero-order valence-electron chi connectivity index (χ0n) is 8.68. The van der Waals surface area contributed by atoms with Gasteiger partial charge in [0, 0.05) is 23.6 Å². The quantitative estimate of drug-likeness (QED) is 0.844. The van der Waals surface area contributed by atoms with Crippen LogP contribution in [-0.4, -0.2) is 19.6 Å². The van der Waals surface area contributed by atoms with Gasteiger partial charge in [-0.1, -0.05) is 34.1 Å². The average molecular weight is 257 g/mol. The number of hydrogen-bond donors (Lipinski definition) is 2. The lowest BCUT2D eigenvalue weighted by Gasteiger charge is -2.13. The van der Waals surface area contributed by atoms with Crippen molar-refractivity contribution in [3.05, 3.63) is 34.3 Å². The Balaban J connectivity index is 2.41. The fraction of sp³-hybridized carbons (Fsp3) is 0.455. The summed E-state index contributed by atoms with van der Waals surface area (Å²) in [4.78, 5) is 0. The van der Waals surface area contributed by atoms with Crippen molar-refractivity contribution >= 4 is 15.9 Å². The zero-order valence-corrected chi connectivity index (χ0v) is 10.3. The Morgan fingerprint density at radius 3 is 2.71 bits per heavy atom. The van der Waals surface area contributed by atoms with Gasteiger partial charge in [-0.15, -0.1) is 0 Å². The molecular formula is C11H17BrN2. The average Bonchev–Trinajstić information content (AvgIpc) is 2.17. The van der Waals surface area contributed by atoms with E-state index >= 15 is 0 Å². The summed E-state index contributed by atoms with van der Waals surface area (Å²) in [6.45, 7) is 4.07. The second-order valence-corrected chi connectivity index (χ2v) is 4.29. The molecule has 0 saturated heterocycles. The standard InChI is InChI=1S/C11H17BrN2/c1-9(7-13-2)14-8-10-5-3-4-6-11(10)12/h3-6,9,13-14H,7-8H2,1-2H3. The molecule has 14 heavy (non-hydrogen) atoms. The van der Waals surface area contributed by atoms with Gasteiger partial charge in [0.15, 0.2) is 0 Å². The molecule has 2 nitrogen and oxygen atoms in total. The minimum atomic E-state index is 0.493. The molecule has 1 rings (SSSR count). The highest BCUT2D eigenvalue weighted by molar-refractivity contribution is 9.10. The van der Waals surface area contributed by atoms with Crippen LogP contribution in [0.15, 0.2) is 28.7 Å². The lowest BCUT2D eigenvalue weighted by atomic mass is 10.2. The first-order valence-corrected chi connectivity index (χ1v) is 5.64. The molecule has 0 aliphatic rings. The SMILES string of the molecule is CNCC(C)NCc1ccccc1Br. The molecule has 0 bridgehead atoms. The molecule has 0 heterocycles. The summed E-state index contributed by atoms with van der Waals surface area (Å²) in [5.41, 5.74) is 1.30. The van der Waals surface area contributed by atoms with Gasteiger partial charge in [-0.05, 0) is 25.6 Å². The number of likely N-dealkylation sites (N-methyl/N-ethyl adjacent to an activating group) is 1. The molecule has 1 aromatic rings. The Morgan fingerprint density at radius 1 is 1.36 bits per heavy atom. The summed E-state index contributed by atoms with van der Waals surface area (Å²) in [5, 5.41) is 6.59. The lowest BCUT2D eigenvalue weighted by molar-refractivity contribution is 0.522. The fourth-order valence-corrected chi connectivity index (χ4v) is 1.73. The van der Waals surface area contributed by atoms with E-state index in [1.54, 1.807) is 0 Å². The van der Waals surface area contributed by atoms with Crippen LogP contribution in [0, 0.1) is 0 Å². The van der Waals surface area contributed by atoms with Gasteiger partial charge in [-0.25, -0.2) is 0 Å². The van der Waals surface area contributed by atoms with E-state index in [0.717, 1.165) is 13.1 Å². The van der Waals surface area contributed by atoms with Crippen molar-refractivity contribution in [1.82, 2.24) is 10.6 Å². The second-order valence-electron chi connectivity index (χ2n) is 3.43. The molecule has 0 amide bonds. The van der Waals surface area contributed by atoms with Crippen LogP contribution in [0.1, 0.15) is 12.5 Å². The predicted molar refractivity (Wildman–Crippen MR) is 64.4 cm³/mol. The van der Waals surface area contributed by atoms with Crippen LogP contribution in [0.4, 0.5) is 0 Å². The summed E-state index contributed by atoms with van der Waals surface area (Å²) < 4.78 is 1.17. The Bertz CT molecular complexity index is 276. The summed E-state index contributed by atoms with van der Waals surface area (Å²) in [6, 6.07) is 8.78. The Kier molecular flexibility index (Phi) is 5.15. The van der Waals surface area contributed by atoms with Crippen LogP contribution in [0.3, 0.4) is 0 Å². The molecule has 3 heteroatoms. The van der Waals surface area contributed by atoms with Crippen molar-refractivity contribution in [2.45, 2.75) is 19.5 Å². The largest absolute Gasteiger partial charge is 0.318 e. The second kappa shape index (κ2) is 6.17. The molecule has 1 aromatic carbocycles. The van der Waals surface area contributed by atoms with Crippen molar-refractivity contribution in [2.24, 2.45) is 0 Å². The molecule has 1 unspecified atom stereocenters. The molecule has 2 N–H and O–H groups in total. The normalized spacial score (nSPS) is 12.8. The van der Waals surface area contributed by atoms with E-state index in [2.05, 4.69) is 51.7 Å². The van der Waals surface area contributed by atoms with Crippen LogP contribution in [0.5, 0.6) is 0 Å². The van der Waals surface area contributed by atoms with E-state index in [1.165, 1.54) is 10.0 Å². The topological polar surface area (TPSA) is 24.1 Å². The highest BCUT2D eigenvalue weighted by atomic mass is 79.9. The highest BCUT2D eigenvalue weighted by Crippen LogP contribution is 2.15. The van der Waals surface area contributed by atoms with E-state index in [9.17, 15) is 0 Å². The predicted octanol–water partition coefficient (Wildman–Crippen LogP) is 2.15. The first kappa shape index (κ1) is 11.7. The molecule has 0 radical (unpaired) electrons. The molecular weight excluding hydrogens is 240 g/mol. The van der Waals surface area contributed by atoms with Crippen molar-refractivity contribution in [2.75, 3.05) is 13.6 Å². The molecule has 0 spiro atoms. The van der Waals surface area contributed by atoms with E-state index in [-0.39, 0.29) is 0 Å². The van der Waals surface area contributed by atoms with Gasteiger partial charge in [0.2, 0.25) is 0 Å². The first-order valence-electron chi connectivity index (χ1n) is 4.85. The minimum absolute atomic E-state index is 0.493. The minimum Gasteiger partial charge on any atom is -0.318 e. The maximum atomic E-state index is 3.53. The Hall–Kier alpha value is -0.380. The van der Waals surface area contributed by atoms with E-state index in [4.69, 9.17) is 0 Å². The molecule has 0 aliphatic carbocycles. The number of benzene rings is 1. The van der Waals surface area contributed by atoms with Gasteiger partial charge >= 0.3 is 0 Å². The van der Waals surface area contributed by atoms with Gasteiger partial charge < -0.3 is 10.6 Å². The van der Waals surface area contributed by atoms with E-state index < -0.39 is 0 Å². The monoisotopic (exact) mass is 256 g/mol. The smallest absolute Gasteiger partial charge is 0.0220 e. The number of nitrogens with one attached hydrogen (secondary N) is 2. The number of hydrogen-bond acceptors (Lipinski definition) is 2. The van der Waals surface area contributed by atoms with Crippen molar-refractivity contribution in [3.8, 4) is 0 Å². The van der Waals surface area contributed by atoms with Crippen LogP contribution in [0.2, 0.25) is 0 Å². The molecule has 0 aromatic heterocycles. The van der Waals surface area contributed by atoms with E-state index in [0.29, 0.717) is 6.04 Å². The fourth-order valence-electron chi connectivity index (χ4n) is 1.30. The Labute approximate surface area is 94.2 Å². The summed E-state index contributed by atoms with van der Waals surface area (Å²) >= 11 is 3.53. The third kappa shape index (κ3) is 3.78. The van der Waals surface area contributed by atoms with Crippen LogP contribution in [-0.2, 0) is 6.54 Å². The summed E-state index contributed by atoms with van der Waals surface area (Å²) in [5.74, 6) is 0. The van der Waals surface area contributed by atoms with Crippen molar-refractivity contribution < 1.29 is 0 Å². The zero-order chi connectivity index (χ0) is 10.4. The number of halogens is 1. The maximum absolute atomic E-state index is 3.53. The molecule has 0 aliphatic heterocycles. The molecule has 0 saturated carbocycles. The van der Waals surface area contributed by atoms with Gasteiger partial charge in [-0.2, -0.15) is 0 Å². The van der Waals surface area contributed by atoms with Gasteiger partial charge in [-0.3, -0.25) is 0 Å². The number of rotatable bonds is 5. The van der Waals surface area contributed by atoms with Crippen molar-refractivity contribution in [3.63, 3.8) is 0 Å².